The maximum absolute atomic E-state index is 12.5. The second kappa shape index (κ2) is 5.57. The Morgan fingerprint density at radius 1 is 1.24 bits per heavy atom. The first-order valence-corrected chi connectivity index (χ1v) is 6.96. The zero-order valence-electron chi connectivity index (χ0n) is 11.5. The molecule has 2 heterocycles. The van der Waals surface area contributed by atoms with E-state index >= 15 is 0 Å². The minimum atomic E-state index is -0.415. The van der Waals surface area contributed by atoms with Crippen molar-refractivity contribution in [3.63, 3.8) is 0 Å². The van der Waals surface area contributed by atoms with Crippen LogP contribution >= 0.6 is 0 Å². The zero-order chi connectivity index (χ0) is 14.8. The van der Waals surface area contributed by atoms with E-state index in [1.807, 2.05) is 30.3 Å². The number of carbonyl (C=O) groups excluding carboxylic acids is 2. The molecule has 6 nitrogen and oxygen atoms in total. The van der Waals surface area contributed by atoms with Gasteiger partial charge in [-0.25, -0.2) is 4.79 Å². The number of nitrogens with zero attached hydrogens (tertiary/aromatic N) is 1. The number of amides is 3. The molecule has 0 aromatic heterocycles. The number of benzene rings is 1. The quantitative estimate of drug-likeness (QED) is 0.755. The molecular formula is C15H17N3O3. The molecule has 3 N–H and O–H groups in total. The number of aliphatic hydroxyl groups excluding tert-OH is 1. The third-order valence-corrected chi connectivity index (χ3v) is 3.74. The summed E-state index contributed by atoms with van der Waals surface area (Å²) in [4.78, 5) is 26.0. The molecule has 110 valence electrons. The normalized spacial score (nSPS) is 21.2. The van der Waals surface area contributed by atoms with Gasteiger partial charge in [0.25, 0.3) is 5.91 Å². The molecule has 0 aliphatic carbocycles. The van der Waals surface area contributed by atoms with Crippen molar-refractivity contribution in [1.82, 2.24) is 15.5 Å². The lowest BCUT2D eigenvalue weighted by Crippen LogP contribution is -2.44. The number of nitrogens with one attached hydrogen (secondary N) is 2. The number of carbonyl (C=O) groups is 2. The van der Waals surface area contributed by atoms with Gasteiger partial charge in [0, 0.05) is 13.2 Å². The summed E-state index contributed by atoms with van der Waals surface area (Å²) in [6, 6.07) is 8.74. The van der Waals surface area contributed by atoms with E-state index in [0.717, 1.165) is 5.56 Å². The molecule has 3 rings (SSSR count). The van der Waals surface area contributed by atoms with Gasteiger partial charge >= 0.3 is 6.03 Å². The van der Waals surface area contributed by atoms with Crippen LogP contribution in [-0.2, 0) is 4.79 Å². The highest BCUT2D eigenvalue weighted by Crippen LogP contribution is 2.32. The summed E-state index contributed by atoms with van der Waals surface area (Å²) >= 11 is 0. The third-order valence-electron chi connectivity index (χ3n) is 3.74. The van der Waals surface area contributed by atoms with Crippen LogP contribution in [0.2, 0.25) is 0 Å². The minimum absolute atomic E-state index is 0.0428. The molecule has 0 saturated heterocycles. The van der Waals surface area contributed by atoms with Crippen molar-refractivity contribution in [2.75, 3.05) is 19.7 Å². The van der Waals surface area contributed by atoms with Crippen LogP contribution in [0.15, 0.2) is 41.6 Å². The molecule has 6 heteroatoms. The standard InChI is InChI=1S/C15H17N3O3/c19-8-4-7-18-9-11-12(14(18)20)13(17-15(21)16-11)10-5-2-1-3-6-10/h1-3,5-6,13,19H,4,7-9H2,(H2,16,17,21). The van der Waals surface area contributed by atoms with Crippen LogP contribution in [0.1, 0.15) is 18.0 Å². The Morgan fingerprint density at radius 2 is 2.00 bits per heavy atom. The maximum atomic E-state index is 12.5. The summed E-state index contributed by atoms with van der Waals surface area (Å²) in [7, 11) is 0. The van der Waals surface area contributed by atoms with E-state index in [9.17, 15) is 9.59 Å². The summed E-state index contributed by atoms with van der Waals surface area (Å²) in [5, 5.41) is 14.4. The van der Waals surface area contributed by atoms with Gasteiger partial charge in [-0.2, -0.15) is 0 Å². The lowest BCUT2D eigenvalue weighted by Gasteiger charge is -2.25. The predicted molar refractivity (Wildman–Crippen MR) is 76.2 cm³/mol. The molecule has 1 aromatic carbocycles. The van der Waals surface area contributed by atoms with Gasteiger partial charge in [0.15, 0.2) is 0 Å². The predicted octanol–water partition coefficient (Wildman–Crippen LogP) is 0.519. The summed E-state index contributed by atoms with van der Waals surface area (Å²) in [6.07, 6.45) is 0.531. The summed E-state index contributed by atoms with van der Waals surface area (Å²) in [5.74, 6) is -0.0835. The lowest BCUT2D eigenvalue weighted by molar-refractivity contribution is -0.125. The third kappa shape index (κ3) is 2.50. The van der Waals surface area contributed by atoms with Crippen LogP contribution in [-0.4, -0.2) is 41.6 Å². The Balaban J connectivity index is 1.90. The molecule has 1 unspecified atom stereocenters. The smallest absolute Gasteiger partial charge is 0.319 e. The van der Waals surface area contributed by atoms with E-state index in [1.54, 1.807) is 4.90 Å². The number of urea groups is 1. The molecule has 1 aromatic rings. The van der Waals surface area contributed by atoms with E-state index in [4.69, 9.17) is 5.11 Å². The lowest BCUT2D eigenvalue weighted by atomic mass is 9.96. The van der Waals surface area contributed by atoms with Gasteiger partial charge in [-0.3, -0.25) is 4.79 Å². The van der Waals surface area contributed by atoms with Gasteiger partial charge in [-0.15, -0.1) is 0 Å². The molecule has 0 fully saturated rings. The molecule has 2 aliphatic heterocycles. The fraction of sp³-hybridized carbons (Fsp3) is 0.333. The van der Waals surface area contributed by atoms with Crippen LogP contribution in [0.5, 0.6) is 0 Å². The van der Waals surface area contributed by atoms with Crippen LogP contribution in [0.25, 0.3) is 0 Å². The van der Waals surface area contributed by atoms with Crippen molar-refractivity contribution in [1.29, 1.82) is 0 Å². The van der Waals surface area contributed by atoms with Gasteiger partial charge in [0.05, 0.1) is 23.9 Å². The molecule has 3 amide bonds. The van der Waals surface area contributed by atoms with E-state index < -0.39 is 6.04 Å². The van der Waals surface area contributed by atoms with Crippen LogP contribution in [0.4, 0.5) is 4.79 Å². The summed E-state index contributed by atoms with van der Waals surface area (Å²) in [6.45, 7) is 0.922. The van der Waals surface area contributed by atoms with Gasteiger partial charge in [-0.05, 0) is 12.0 Å². The van der Waals surface area contributed by atoms with E-state index in [-0.39, 0.29) is 18.5 Å². The van der Waals surface area contributed by atoms with Crippen LogP contribution < -0.4 is 10.6 Å². The Kier molecular flexibility index (Phi) is 3.62. The zero-order valence-corrected chi connectivity index (χ0v) is 11.5. The topological polar surface area (TPSA) is 81.7 Å². The van der Waals surface area contributed by atoms with Gasteiger partial charge in [0.1, 0.15) is 0 Å². The minimum Gasteiger partial charge on any atom is -0.396 e. The van der Waals surface area contributed by atoms with Crippen molar-refractivity contribution in [2.24, 2.45) is 0 Å². The summed E-state index contributed by atoms with van der Waals surface area (Å²) < 4.78 is 0. The van der Waals surface area contributed by atoms with Gasteiger partial charge in [0.2, 0.25) is 0 Å². The Hall–Kier alpha value is -2.34. The van der Waals surface area contributed by atoms with Gasteiger partial charge < -0.3 is 20.6 Å². The average molecular weight is 287 g/mol. The highest BCUT2D eigenvalue weighted by Gasteiger charge is 2.39. The molecule has 0 radical (unpaired) electrons. The van der Waals surface area contributed by atoms with Crippen molar-refractivity contribution in [3.8, 4) is 0 Å². The number of hydrogen-bond donors (Lipinski definition) is 3. The maximum Gasteiger partial charge on any atom is 0.319 e. The Morgan fingerprint density at radius 3 is 2.71 bits per heavy atom. The summed E-state index contributed by atoms with van der Waals surface area (Å²) in [5.41, 5.74) is 2.14. The largest absolute Gasteiger partial charge is 0.396 e. The molecule has 0 saturated carbocycles. The fourth-order valence-corrected chi connectivity index (χ4v) is 2.77. The fourth-order valence-electron chi connectivity index (χ4n) is 2.77. The van der Waals surface area contributed by atoms with Crippen molar-refractivity contribution < 1.29 is 14.7 Å². The monoisotopic (exact) mass is 287 g/mol. The van der Waals surface area contributed by atoms with Gasteiger partial charge in [-0.1, -0.05) is 30.3 Å². The van der Waals surface area contributed by atoms with Crippen molar-refractivity contribution in [2.45, 2.75) is 12.5 Å². The highest BCUT2D eigenvalue weighted by atomic mass is 16.3. The van der Waals surface area contributed by atoms with Crippen molar-refractivity contribution >= 4 is 11.9 Å². The van der Waals surface area contributed by atoms with Crippen LogP contribution in [0, 0.1) is 0 Å². The molecular weight excluding hydrogens is 270 g/mol. The number of rotatable bonds is 4. The molecule has 1 atom stereocenters. The SMILES string of the molecule is O=C1NC2=C(C(=O)N(CCCO)C2)C(c2ccccc2)N1. The second-order valence-corrected chi connectivity index (χ2v) is 5.14. The van der Waals surface area contributed by atoms with Crippen molar-refractivity contribution in [3.05, 3.63) is 47.2 Å². The number of hydrogen-bond acceptors (Lipinski definition) is 3. The first-order valence-electron chi connectivity index (χ1n) is 6.96. The molecule has 0 bridgehead atoms. The van der Waals surface area contributed by atoms with Crippen LogP contribution in [0.3, 0.4) is 0 Å². The molecule has 0 spiro atoms. The number of aliphatic hydroxyl groups is 1. The average Bonchev–Trinajstić information content (AvgIpc) is 2.81. The van der Waals surface area contributed by atoms with E-state index in [2.05, 4.69) is 10.6 Å². The van der Waals surface area contributed by atoms with E-state index in [1.165, 1.54) is 0 Å². The Labute approximate surface area is 122 Å². The first-order chi connectivity index (χ1) is 10.2. The Bertz CT molecular complexity index is 597. The second-order valence-electron chi connectivity index (χ2n) is 5.14. The molecule has 2 aliphatic rings. The highest BCUT2D eigenvalue weighted by molar-refractivity contribution is 6.01. The molecule has 21 heavy (non-hydrogen) atoms. The van der Waals surface area contributed by atoms with E-state index in [0.29, 0.717) is 30.8 Å². The first kappa shape index (κ1) is 13.6.